The quantitative estimate of drug-likeness (QED) is 0.304. The number of hydrogen-bond donors (Lipinski definition) is 5. The van der Waals surface area contributed by atoms with Crippen LogP contribution >= 0.6 is 0 Å². The van der Waals surface area contributed by atoms with Crippen LogP contribution < -0.4 is 25.7 Å². The zero-order valence-electron chi connectivity index (χ0n) is 23.4. The summed E-state index contributed by atoms with van der Waals surface area (Å²) < 4.78 is 10.3. The Balaban J connectivity index is 1.94. The van der Waals surface area contributed by atoms with Crippen molar-refractivity contribution in [1.82, 2.24) is 44.4 Å². The molecule has 18 heteroatoms. The van der Waals surface area contributed by atoms with E-state index < -0.39 is 0 Å². The van der Waals surface area contributed by atoms with Gasteiger partial charge in [0.15, 0.2) is 0 Å². The summed E-state index contributed by atoms with van der Waals surface area (Å²) in [5, 5.41) is 19.8. The zero-order valence-corrected chi connectivity index (χ0v) is 23.4. The fourth-order valence-corrected chi connectivity index (χ4v) is 6.44. The Morgan fingerprint density at radius 2 is 0.706 bits per heavy atom. The third-order valence-electron chi connectivity index (χ3n) is 8.44. The monoisotopic (exact) mass is 463 g/mol. The standard InChI is InChI=1S/C16H46B9N9/c1-10-17-27-24(28-18(11-2)31(17)8)33-21(14-5)26-22(15-6)34(23(33)16-7)25-29-19(12-3)32(9)20(13-4)30-25/h26-30H,10-16H2,1-9H3. The zero-order chi connectivity index (χ0) is 25.0. The fourth-order valence-electron chi connectivity index (χ4n) is 6.44. The molecule has 3 fully saturated rings. The van der Waals surface area contributed by atoms with Gasteiger partial charge < -0.3 is 44.4 Å². The van der Waals surface area contributed by atoms with Crippen molar-refractivity contribution in [2.75, 3.05) is 14.1 Å². The Bertz CT molecular complexity index is 555. The van der Waals surface area contributed by atoms with Crippen molar-refractivity contribution in [2.24, 2.45) is 0 Å². The second-order valence-electron chi connectivity index (χ2n) is 10.3. The minimum absolute atomic E-state index is 0.129. The van der Waals surface area contributed by atoms with Crippen LogP contribution in [0, 0.1) is 0 Å². The van der Waals surface area contributed by atoms with E-state index in [0.717, 1.165) is 44.2 Å². The highest BCUT2D eigenvalue weighted by Gasteiger charge is 2.55. The van der Waals surface area contributed by atoms with Crippen molar-refractivity contribution >= 4 is 63.1 Å². The van der Waals surface area contributed by atoms with E-state index in [1.54, 1.807) is 0 Å². The van der Waals surface area contributed by atoms with Crippen LogP contribution in [0.25, 0.3) is 0 Å². The van der Waals surface area contributed by atoms with Gasteiger partial charge in [0.05, 0.1) is 0 Å². The first-order valence-electron chi connectivity index (χ1n) is 14.2. The molecule has 3 aliphatic heterocycles. The van der Waals surface area contributed by atoms with E-state index in [4.69, 9.17) is 0 Å². The molecule has 9 nitrogen and oxygen atoms in total. The van der Waals surface area contributed by atoms with Gasteiger partial charge in [-0.1, -0.05) is 48.5 Å². The average Bonchev–Trinajstić information content (AvgIpc) is 2.87. The van der Waals surface area contributed by atoms with E-state index >= 15 is 0 Å². The van der Waals surface area contributed by atoms with Gasteiger partial charge in [0.25, 0.3) is 48.9 Å². The van der Waals surface area contributed by atoms with Gasteiger partial charge in [-0.3, -0.25) is 0 Å². The maximum Gasteiger partial charge on any atom is 0.356 e. The molecule has 0 spiro atoms. The molecule has 0 aromatic heterocycles. The highest BCUT2D eigenvalue weighted by Crippen LogP contribution is 2.22. The molecule has 3 saturated heterocycles. The molecule has 5 N–H and O–H groups in total. The molecule has 0 aromatic carbocycles. The van der Waals surface area contributed by atoms with Crippen LogP contribution in [0.4, 0.5) is 0 Å². The summed E-state index contributed by atoms with van der Waals surface area (Å²) in [6.07, 6.45) is 7.60. The molecular formula is C16H46B9N9. The van der Waals surface area contributed by atoms with Gasteiger partial charge in [0, 0.05) is 0 Å². The summed E-state index contributed by atoms with van der Waals surface area (Å²) in [5.41, 5.74) is 0. The first kappa shape index (κ1) is 28.8. The minimum Gasteiger partial charge on any atom is -0.373 e. The highest BCUT2D eigenvalue weighted by atomic mass is 15.3. The van der Waals surface area contributed by atoms with Gasteiger partial charge in [-0.05, 0) is 58.3 Å². The highest BCUT2D eigenvalue weighted by molar-refractivity contribution is 7.03. The molecule has 0 amide bonds. The normalized spacial score (nSPS) is 22.7. The summed E-state index contributed by atoms with van der Waals surface area (Å²) in [6, 6.07) is 0. The van der Waals surface area contributed by atoms with Crippen LogP contribution in [0.2, 0.25) is 44.2 Å². The Morgan fingerprint density at radius 1 is 0.412 bits per heavy atom. The second-order valence-corrected chi connectivity index (χ2v) is 10.3. The lowest BCUT2D eigenvalue weighted by Gasteiger charge is -2.56. The molecule has 182 valence electrons. The molecule has 0 aliphatic carbocycles. The Morgan fingerprint density at radius 3 is 0.941 bits per heavy atom. The molecule has 3 rings (SSSR count). The molecule has 3 heterocycles. The van der Waals surface area contributed by atoms with Gasteiger partial charge in [-0.2, -0.15) is 0 Å². The lowest BCUT2D eigenvalue weighted by atomic mass is 9.32. The predicted octanol–water partition coefficient (Wildman–Crippen LogP) is -0.0307. The van der Waals surface area contributed by atoms with Crippen LogP contribution in [0.5, 0.6) is 0 Å². The number of hydrogen-bond acceptors (Lipinski definition) is 9. The van der Waals surface area contributed by atoms with Crippen LogP contribution in [0.3, 0.4) is 0 Å². The van der Waals surface area contributed by atoms with Gasteiger partial charge in [0.2, 0.25) is 0 Å². The lowest BCUT2D eigenvalue weighted by Crippen LogP contribution is -2.91. The van der Waals surface area contributed by atoms with E-state index in [1.807, 2.05) is 0 Å². The molecule has 0 unspecified atom stereocenters. The van der Waals surface area contributed by atoms with Crippen LogP contribution in [0.15, 0.2) is 0 Å². The van der Waals surface area contributed by atoms with Gasteiger partial charge >= 0.3 is 14.2 Å². The lowest BCUT2D eigenvalue weighted by molar-refractivity contribution is 0.678. The molecule has 0 bridgehead atoms. The summed E-state index contributed by atoms with van der Waals surface area (Å²) in [7, 11) is 4.74. The first-order valence-corrected chi connectivity index (χ1v) is 14.2. The van der Waals surface area contributed by atoms with E-state index in [0.29, 0.717) is 48.9 Å². The molecule has 0 atom stereocenters. The van der Waals surface area contributed by atoms with E-state index in [9.17, 15) is 0 Å². The van der Waals surface area contributed by atoms with Crippen molar-refractivity contribution in [2.45, 2.75) is 92.7 Å². The smallest absolute Gasteiger partial charge is 0.356 e. The van der Waals surface area contributed by atoms with Crippen molar-refractivity contribution in [1.29, 1.82) is 0 Å². The van der Waals surface area contributed by atoms with Gasteiger partial charge in [-0.15, -0.1) is 0 Å². The molecular weight excluding hydrogens is 416 g/mol. The minimum atomic E-state index is 0.129. The molecule has 3 aliphatic rings. The predicted molar refractivity (Wildman–Crippen MR) is 160 cm³/mol. The maximum atomic E-state index is 4.03. The van der Waals surface area contributed by atoms with Crippen LogP contribution in [-0.4, -0.2) is 95.9 Å². The molecule has 34 heavy (non-hydrogen) atoms. The van der Waals surface area contributed by atoms with Crippen molar-refractivity contribution in [3.8, 4) is 0 Å². The second kappa shape index (κ2) is 13.1. The molecule has 0 radical (unpaired) electrons. The van der Waals surface area contributed by atoms with Crippen LogP contribution in [0.1, 0.15) is 48.5 Å². The van der Waals surface area contributed by atoms with Gasteiger partial charge in [-0.25, -0.2) is 0 Å². The Hall–Kier alpha value is 0.224. The van der Waals surface area contributed by atoms with E-state index in [2.05, 4.69) is 107 Å². The van der Waals surface area contributed by atoms with Crippen LogP contribution in [-0.2, 0) is 0 Å². The van der Waals surface area contributed by atoms with E-state index in [-0.39, 0.29) is 14.2 Å². The number of nitrogens with zero attached hydrogens (tertiary/aromatic N) is 4. The van der Waals surface area contributed by atoms with E-state index in [1.165, 1.54) is 0 Å². The Kier molecular flexibility index (Phi) is 11.1. The average molecular weight is 462 g/mol. The SMILES string of the molecule is CCB1NB(N2B(CC)NB(CC)N(B3NB(CC)N(C)B(CC)N3)B2CC)NB(CC)N1C. The summed E-state index contributed by atoms with van der Waals surface area (Å²) >= 11 is 0. The largest absolute Gasteiger partial charge is 0.373 e. The first-order chi connectivity index (χ1) is 16.4. The Labute approximate surface area is 214 Å². The summed E-state index contributed by atoms with van der Waals surface area (Å²) in [4.78, 5) is 0. The molecule has 0 saturated carbocycles. The van der Waals surface area contributed by atoms with Crippen molar-refractivity contribution in [3.05, 3.63) is 0 Å². The molecule has 0 aromatic rings. The third-order valence-corrected chi connectivity index (χ3v) is 8.44. The fraction of sp³-hybridized carbons (Fsp3) is 1.00. The van der Waals surface area contributed by atoms with Gasteiger partial charge in [0.1, 0.15) is 0 Å². The van der Waals surface area contributed by atoms with Crippen molar-refractivity contribution in [3.63, 3.8) is 0 Å². The summed E-state index contributed by atoms with van der Waals surface area (Å²) in [6.45, 7) is 18.6. The number of rotatable bonds is 9. The number of nitrogens with one attached hydrogen (secondary N) is 5. The third kappa shape index (κ3) is 5.70. The topological polar surface area (TPSA) is 73.1 Å². The summed E-state index contributed by atoms with van der Waals surface area (Å²) in [5.74, 6) is 0. The van der Waals surface area contributed by atoms with Crippen molar-refractivity contribution < 1.29 is 0 Å². The maximum absolute atomic E-state index is 4.03.